The second kappa shape index (κ2) is 10.2. The van der Waals surface area contributed by atoms with Gasteiger partial charge in [0.25, 0.3) is 0 Å². The van der Waals surface area contributed by atoms with Gasteiger partial charge in [0.1, 0.15) is 23.8 Å². The average molecular weight is 446 g/mol. The van der Waals surface area contributed by atoms with Gasteiger partial charge in [-0.1, -0.05) is 18.6 Å². The highest BCUT2D eigenvalue weighted by atomic mass is 19.1. The third kappa shape index (κ3) is 5.01. The van der Waals surface area contributed by atoms with Crippen molar-refractivity contribution in [2.24, 2.45) is 0 Å². The zero-order valence-electron chi connectivity index (χ0n) is 17.7. The van der Waals surface area contributed by atoms with E-state index in [4.69, 9.17) is 13.9 Å². The van der Waals surface area contributed by atoms with Gasteiger partial charge in [0.15, 0.2) is 0 Å². The van der Waals surface area contributed by atoms with Crippen LogP contribution in [0.3, 0.4) is 0 Å². The van der Waals surface area contributed by atoms with Gasteiger partial charge in [-0.2, -0.15) is 4.98 Å². The third-order valence-electron chi connectivity index (χ3n) is 5.55. The van der Waals surface area contributed by atoms with Crippen molar-refractivity contribution in [1.82, 2.24) is 9.55 Å². The number of nitrogens with zero attached hydrogens (tertiary/aromatic N) is 2. The molecule has 0 radical (unpaired) electrons. The molecule has 1 aromatic carbocycles. The van der Waals surface area contributed by atoms with Gasteiger partial charge in [-0.15, -0.1) is 0 Å². The zero-order chi connectivity index (χ0) is 22.5. The van der Waals surface area contributed by atoms with E-state index < -0.39 is 24.1 Å². The Kier molecular flexibility index (Phi) is 7.19. The van der Waals surface area contributed by atoms with Gasteiger partial charge in [0, 0.05) is 18.2 Å². The van der Waals surface area contributed by atoms with Crippen molar-refractivity contribution in [1.29, 1.82) is 0 Å². The summed E-state index contributed by atoms with van der Waals surface area (Å²) in [7, 11) is 0. The highest BCUT2D eigenvalue weighted by Crippen LogP contribution is 2.31. The van der Waals surface area contributed by atoms with Gasteiger partial charge in [0.05, 0.1) is 31.4 Å². The van der Waals surface area contributed by atoms with Gasteiger partial charge in [0.2, 0.25) is 5.71 Å². The molecule has 0 bridgehead atoms. The molecule has 1 saturated heterocycles. The first-order valence-corrected chi connectivity index (χ1v) is 10.9. The Morgan fingerprint density at radius 2 is 2.06 bits per heavy atom. The molecule has 0 aliphatic carbocycles. The van der Waals surface area contributed by atoms with Gasteiger partial charge in [-0.3, -0.25) is 8.96 Å². The summed E-state index contributed by atoms with van der Waals surface area (Å²) < 4.78 is 30.6. The van der Waals surface area contributed by atoms with E-state index >= 15 is 0 Å². The normalized spacial score (nSPS) is 20.8. The summed E-state index contributed by atoms with van der Waals surface area (Å²) in [5.41, 5.74) is 0.432. The molecule has 172 valence electrons. The number of aromatic nitrogens is 2. The number of hydrogen-bond donors (Lipinski definition) is 2. The summed E-state index contributed by atoms with van der Waals surface area (Å²) in [6, 6.07) is 9.23. The molecular weight excluding hydrogens is 419 g/mol. The fraction of sp³-hybridized carbons (Fsp3) is 0.478. The van der Waals surface area contributed by atoms with Gasteiger partial charge < -0.3 is 24.1 Å². The fourth-order valence-electron chi connectivity index (χ4n) is 3.80. The van der Waals surface area contributed by atoms with E-state index in [1.54, 1.807) is 12.3 Å². The van der Waals surface area contributed by atoms with Crippen LogP contribution in [-0.2, 0) is 4.74 Å². The molecule has 0 amide bonds. The number of rotatable bonds is 10. The lowest BCUT2D eigenvalue weighted by Gasteiger charge is -2.13. The Bertz CT molecular complexity index is 1100. The van der Waals surface area contributed by atoms with Crippen LogP contribution in [0.5, 0.6) is 5.75 Å². The fourth-order valence-corrected chi connectivity index (χ4v) is 3.80. The topological polar surface area (TPSA) is 107 Å². The number of hydrogen-bond acceptors (Lipinski definition) is 7. The van der Waals surface area contributed by atoms with Crippen molar-refractivity contribution >= 4 is 11.1 Å². The first kappa shape index (κ1) is 22.4. The molecule has 0 unspecified atom stereocenters. The van der Waals surface area contributed by atoms with E-state index in [0.717, 1.165) is 24.8 Å². The van der Waals surface area contributed by atoms with Crippen LogP contribution in [0.25, 0.3) is 22.4 Å². The lowest BCUT2D eigenvalue weighted by Crippen LogP contribution is -2.27. The lowest BCUT2D eigenvalue weighted by atomic mass is 10.1. The molecule has 2 aromatic heterocycles. The predicted octanol–water partition coefficient (Wildman–Crippen LogP) is 3.21. The molecule has 32 heavy (non-hydrogen) atoms. The molecule has 1 aliphatic rings. The SMILES string of the molecule is O=c1nc2oc(-c3cccc(OCCCCCCF)c3)cc2cn1[C@H]1C[C@H](O)[C@@H](CO)O1. The largest absolute Gasteiger partial charge is 0.494 e. The quantitative estimate of drug-likeness (QED) is 0.461. The van der Waals surface area contributed by atoms with E-state index in [1.807, 2.05) is 24.3 Å². The molecular formula is C23H27FN2O6. The van der Waals surface area contributed by atoms with Crippen LogP contribution in [-0.4, -0.2) is 51.9 Å². The zero-order valence-corrected chi connectivity index (χ0v) is 17.7. The summed E-state index contributed by atoms with van der Waals surface area (Å²) in [5, 5.41) is 19.8. The summed E-state index contributed by atoms with van der Waals surface area (Å²) in [5.74, 6) is 1.24. The summed E-state index contributed by atoms with van der Waals surface area (Å²) >= 11 is 0. The van der Waals surface area contributed by atoms with Crippen molar-refractivity contribution in [2.75, 3.05) is 19.9 Å². The van der Waals surface area contributed by atoms with Crippen molar-refractivity contribution in [3.8, 4) is 17.1 Å². The molecule has 2 N–H and O–H groups in total. The second-order valence-corrected chi connectivity index (χ2v) is 7.90. The molecule has 4 rings (SSSR count). The first-order valence-electron chi connectivity index (χ1n) is 10.9. The van der Waals surface area contributed by atoms with Crippen LogP contribution in [0.2, 0.25) is 0 Å². The molecule has 3 aromatic rings. The minimum absolute atomic E-state index is 0.191. The predicted molar refractivity (Wildman–Crippen MR) is 115 cm³/mol. The molecule has 0 spiro atoms. The van der Waals surface area contributed by atoms with Gasteiger partial charge >= 0.3 is 5.69 Å². The maximum atomic E-state index is 12.5. The smallest absolute Gasteiger partial charge is 0.353 e. The summed E-state index contributed by atoms with van der Waals surface area (Å²) in [6.07, 6.45) is 2.74. The Balaban J connectivity index is 1.49. The monoisotopic (exact) mass is 446 g/mol. The molecule has 0 saturated carbocycles. The summed E-state index contributed by atoms with van der Waals surface area (Å²) in [6.45, 7) is -0.0467. The van der Waals surface area contributed by atoms with Crippen LogP contribution in [0.1, 0.15) is 38.3 Å². The van der Waals surface area contributed by atoms with E-state index in [0.29, 0.717) is 29.9 Å². The van der Waals surface area contributed by atoms with Crippen molar-refractivity contribution < 1.29 is 28.5 Å². The van der Waals surface area contributed by atoms with Crippen molar-refractivity contribution in [3.63, 3.8) is 0 Å². The number of ether oxygens (including phenoxy) is 2. The number of aliphatic hydroxyl groups excluding tert-OH is 2. The van der Waals surface area contributed by atoms with Crippen LogP contribution in [0.15, 0.2) is 45.7 Å². The Morgan fingerprint density at radius 1 is 1.22 bits per heavy atom. The van der Waals surface area contributed by atoms with Crippen molar-refractivity contribution in [2.45, 2.75) is 50.5 Å². The van der Waals surface area contributed by atoms with Crippen LogP contribution in [0.4, 0.5) is 4.39 Å². The summed E-state index contributed by atoms with van der Waals surface area (Å²) in [4.78, 5) is 16.5. The average Bonchev–Trinajstić information content (AvgIpc) is 3.38. The van der Waals surface area contributed by atoms with Gasteiger partial charge in [-0.05, 0) is 37.5 Å². The number of furan rings is 1. The second-order valence-electron chi connectivity index (χ2n) is 7.90. The standard InChI is InChI=1S/C23H27FN2O6/c24-8-3-1-2-4-9-30-17-7-5-6-15(10-17)19-11-16-13-26(23(29)25-22(16)32-19)21-12-18(28)20(14-27)31-21/h5-7,10-11,13,18,20-21,27-28H,1-4,8-9,12,14H2/t18-,20+,21+/m0/s1. The minimum atomic E-state index is -0.848. The van der Waals surface area contributed by atoms with Crippen LogP contribution in [0, 0.1) is 0 Å². The molecule has 3 heterocycles. The van der Waals surface area contributed by atoms with Crippen LogP contribution >= 0.6 is 0 Å². The number of unbranched alkanes of at least 4 members (excludes halogenated alkanes) is 3. The molecule has 8 nitrogen and oxygen atoms in total. The third-order valence-corrected chi connectivity index (χ3v) is 5.55. The number of benzene rings is 1. The van der Waals surface area contributed by atoms with E-state index in [1.165, 1.54) is 4.57 Å². The number of alkyl halides is 1. The highest BCUT2D eigenvalue weighted by molar-refractivity contribution is 5.79. The molecule has 9 heteroatoms. The first-order chi connectivity index (χ1) is 15.6. The maximum absolute atomic E-state index is 12.5. The minimum Gasteiger partial charge on any atom is -0.494 e. The van der Waals surface area contributed by atoms with Crippen LogP contribution < -0.4 is 10.4 Å². The molecule has 1 fully saturated rings. The Hall–Kier alpha value is -2.75. The Labute approximate surface area is 184 Å². The highest BCUT2D eigenvalue weighted by Gasteiger charge is 2.35. The number of aliphatic hydroxyl groups is 2. The number of fused-ring (bicyclic) bond motifs is 1. The maximum Gasteiger partial charge on any atom is 0.353 e. The molecule has 3 atom stereocenters. The van der Waals surface area contributed by atoms with Gasteiger partial charge in [-0.25, -0.2) is 4.79 Å². The Morgan fingerprint density at radius 3 is 2.84 bits per heavy atom. The lowest BCUT2D eigenvalue weighted by molar-refractivity contribution is -0.0457. The van der Waals surface area contributed by atoms with E-state index in [9.17, 15) is 19.4 Å². The molecule has 1 aliphatic heterocycles. The van der Waals surface area contributed by atoms with Crippen molar-refractivity contribution in [3.05, 3.63) is 47.0 Å². The van der Waals surface area contributed by atoms with E-state index in [-0.39, 0.29) is 25.4 Å². The number of halogens is 1. The van der Waals surface area contributed by atoms with E-state index in [2.05, 4.69) is 4.98 Å².